The first-order chi connectivity index (χ1) is 10.8. The number of hydrogen-bond acceptors (Lipinski definition) is 4. The van der Waals surface area contributed by atoms with Crippen molar-refractivity contribution in [3.63, 3.8) is 0 Å². The molecule has 0 radical (unpaired) electrons. The van der Waals surface area contributed by atoms with Gasteiger partial charge in [0.05, 0.1) is 17.6 Å². The second-order valence-corrected chi connectivity index (χ2v) is 6.95. The predicted octanol–water partition coefficient (Wildman–Crippen LogP) is 2.43. The summed E-state index contributed by atoms with van der Waals surface area (Å²) in [7, 11) is -0.982. The minimum atomic E-state index is -3.71. The minimum absolute atomic E-state index is 0.0209. The van der Waals surface area contributed by atoms with Crippen LogP contribution in [0.5, 0.6) is 0 Å². The highest BCUT2D eigenvalue weighted by atomic mass is 32.2. The van der Waals surface area contributed by atoms with Crippen molar-refractivity contribution in [1.29, 1.82) is 0 Å². The molecule has 0 unspecified atom stereocenters. The average Bonchev–Trinajstić information content (AvgIpc) is 2.55. The van der Waals surface area contributed by atoms with Gasteiger partial charge in [-0.25, -0.2) is 17.6 Å². The molecule has 0 atom stereocenters. The smallest absolute Gasteiger partial charge is 0.337 e. The lowest BCUT2D eigenvalue weighted by molar-refractivity contribution is 0.0600. The molecule has 23 heavy (non-hydrogen) atoms. The van der Waals surface area contributed by atoms with Crippen molar-refractivity contribution in [3.8, 4) is 0 Å². The van der Waals surface area contributed by atoms with Crippen LogP contribution in [-0.4, -0.2) is 32.8 Å². The molecule has 0 saturated carbocycles. The summed E-state index contributed by atoms with van der Waals surface area (Å²) in [6.07, 6.45) is 0. The summed E-state index contributed by atoms with van der Waals surface area (Å²) >= 11 is 0. The van der Waals surface area contributed by atoms with Crippen molar-refractivity contribution in [3.05, 3.63) is 65.5 Å². The Labute approximate surface area is 134 Å². The largest absolute Gasteiger partial charge is 0.465 e. The third-order valence-electron chi connectivity index (χ3n) is 3.30. The van der Waals surface area contributed by atoms with Crippen LogP contribution in [0.4, 0.5) is 4.39 Å². The predicted molar refractivity (Wildman–Crippen MR) is 82.8 cm³/mol. The molecule has 2 aromatic carbocycles. The first kappa shape index (κ1) is 17.1. The zero-order valence-corrected chi connectivity index (χ0v) is 13.5. The fourth-order valence-electron chi connectivity index (χ4n) is 1.99. The molecule has 0 heterocycles. The van der Waals surface area contributed by atoms with Gasteiger partial charge in [0.25, 0.3) is 0 Å². The van der Waals surface area contributed by atoms with E-state index in [0.29, 0.717) is 11.1 Å². The Bertz CT molecular complexity index is 786. The SMILES string of the molecule is COC(=O)c1ccc(CN(C)S(=O)(=O)c2ccc(F)cc2)cc1. The topological polar surface area (TPSA) is 63.7 Å². The number of carbonyl (C=O) groups excluding carboxylic acids is 1. The fourth-order valence-corrected chi connectivity index (χ4v) is 3.15. The number of hydrogen-bond donors (Lipinski definition) is 0. The fraction of sp³-hybridized carbons (Fsp3) is 0.188. The lowest BCUT2D eigenvalue weighted by atomic mass is 10.1. The van der Waals surface area contributed by atoms with E-state index in [1.54, 1.807) is 24.3 Å². The summed E-state index contributed by atoms with van der Waals surface area (Å²) in [5.74, 6) is -0.950. The Morgan fingerprint density at radius 1 is 1.09 bits per heavy atom. The highest BCUT2D eigenvalue weighted by Gasteiger charge is 2.21. The van der Waals surface area contributed by atoms with Crippen LogP contribution in [-0.2, 0) is 21.3 Å². The van der Waals surface area contributed by atoms with E-state index in [2.05, 4.69) is 4.74 Å². The lowest BCUT2D eigenvalue weighted by Gasteiger charge is -2.17. The normalized spacial score (nSPS) is 11.5. The highest BCUT2D eigenvalue weighted by Crippen LogP contribution is 2.17. The molecule has 7 heteroatoms. The molecule has 0 fully saturated rings. The first-order valence-corrected chi connectivity index (χ1v) is 8.18. The second kappa shape index (κ2) is 6.89. The van der Waals surface area contributed by atoms with Crippen LogP contribution < -0.4 is 0 Å². The van der Waals surface area contributed by atoms with Crippen molar-refractivity contribution in [2.75, 3.05) is 14.2 Å². The molecule has 0 aliphatic heterocycles. The second-order valence-electron chi connectivity index (χ2n) is 4.90. The van der Waals surface area contributed by atoms with E-state index >= 15 is 0 Å². The lowest BCUT2D eigenvalue weighted by Crippen LogP contribution is -2.26. The summed E-state index contributed by atoms with van der Waals surface area (Å²) in [6, 6.07) is 11.1. The molecular formula is C16H16FNO4S. The highest BCUT2D eigenvalue weighted by molar-refractivity contribution is 7.89. The van der Waals surface area contributed by atoms with Crippen molar-refractivity contribution >= 4 is 16.0 Å². The summed E-state index contributed by atoms with van der Waals surface area (Å²) in [5.41, 5.74) is 1.10. The maximum absolute atomic E-state index is 12.9. The van der Waals surface area contributed by atoms with Gasteiger partial charge in [-0.15, -0.1) is 0 Å². The maximum atomic E-state index is 12.9. The van der Waals surface area contributed by atoms with Crippen LogP contribution in [0.3, 0.4) is 0 Å². The van der Waals surface area contributed by atoms with E-state index in [1.807, 2.05) is 0 Å². The van der Waals surface area contributed by atoms with E-state index in [4.69, 9.17) is 0 Å². The van der Waals surface area contributed by atoms with E-state index in [0.717, 1.165) is 16.4 Å². The Morgan fingerprint density at radius 3 is 2.17 bits per heavy atom. The monoisotopic (exact) mass is 337 g/mol. The number of benzene rings is 2. The van der Waals surface area contributed by atoms with Crippen LogP contribution in [0.15, 0.2) is 53.4 Å². The quantitative estimate of drug-likeness (QED) is 0.786. The summed E-state index contributed by atoms with van der Waals surface area (Å²) in [5, 5.41) is 0. The number of sulfonamides is 1. The minimum Gasteiger partial charge on any atom is -0.465 e. The number of methoxy groups -OCH3 is 1. The zero-order valence-electron chi connectivity index (χ0n) is 12.7. The van der Waals surface area contributed by atoms with E-state index < -0.39 is 21.8 Å². The number of carbonyl (C=O) groups is 1. The molecule has 0 saturated heterocycles. The van der Waals surface area contributed by atoms with Gasteiger partial charge in [-0.3, -0.25) is 0 Å². The van der Waals surface area contributed by atoms with E-state index in [9.17, 15) is 17.6 Å². The standard InChI is InChI=1S/C16H16FNO4S/c1-18(23(20,21)15-9-7-14(17)8-10-15)11-12-3-5-13(6-4-12)16(19)22-2/h3-10H,11H2,1-2H3. The first-order valence-electron chi connectivity index (χ1n) is 6.74. The van der Waals surface area contributed by atoms with Crippen molar-refractivity contribution in [1.82, 2.24) is 4.31 Å². The molecule has 0 aromatic heterocycles. The van der Waals surface area contributed by atoms with Gasteiger partial charge in [0.2, 0.25) is 10.0 Å². The molecule has 122 valence electrons. The van der Waals surface area contributed by atoms with Crippen molar-refractivity contribution < 1.29 is 22.3 Å². The van der Waals surface area contributed by atoms with Gasteiger partial charge in [0.1, 0.15) is 5.82 Å². The number of ether oxygens (including phenoxy) is 1. The molecule has 0 aliphatic carbocycles. The summed E-state index contributed by atoms with van der Waals surface area (Å²) < 4.78 is 43.5. The van der Waals surface area contributed by atoms with Gasteiger partial charge < -0.3 is 4.74 Å². The van der Waals surface area contributed by atoms with Crippen LogP contribution in [0.2, 0.25) is 0 Å². The molecule has 0 spiro atoms. The number of halogens is 1. The van der Waals surface area contributed by atoms with E-state index in [-0.39, 0.29) is 11.4 Å². The third kappa shape index (κ3) is 3.94. The Morgan fingerprint density at radius 2 is 1.65 bits per heavy atom. The van der Waals surface area contributed by atoms with Gasteiger partial charge in [0, 0.05) is 13.6 Å². The molecule has 2 rings (SSSR count). The third-order valence-corrected chi connectivity index (χ3v) is 5.12. The number of nitrogens with zero attached hydrogens (tertiary/aromatic N) is 1. The van der Waals surface area contributed by atoms with Gasteiger partial charge in [0.15, 0.2) is 0 Å². The number of rotatable bonds is 5. The molecule has 0 N–H and O–H groups in total. The number of esters is 1. The Balaban J connectivity index is 2.16. The van der Waals surface area contributed by atoms with Gasteiger partial charge in [-0.1, -0.05) is 12.1 Å². The zero-order chi connectivity index (χ0) is 17.0. The maximum Gasteiger partial charge on any atom is 0.337 e. The Kier molecular flexibility index (Phi) is 5.12. The molecular weight excluding hydrogens is 321 g/mol. The average molecular weight is 337 g/mol. The molecule has 0 bridgehead atoms. The van der Waals surface area contributed by atoms with Crippen LogP contribution in [0, 0.1) is 5.82 Å². The summed E-state index contributed by atoms with van der Waals surface area (Å²) in [6.45, 7) is 0.126. The van der Waals surface area contributed by atoms with Gasteiger partial charge >= 0.3 is 5.97 Å². The molecule has 0 aliphatic rings. The molecule has 2 aromatic rings. The van der Waals surface area contributed by atoms with Gasteiger partial charge in [-0.2, -0.15) is 4.31 Å². The van der Waals surface area contributed by atoms with Crippen LogP contribution >= 0.6 is 0 Å². The summed E-state index contributed by atoms with van der Waals surface area (Å²) in [4.78, 5) is 11.4. The van der Waals surface area contributed by atoms with E-state index in [1.165, 1.54) is 26.3 Å². The Hall–Kier alpha value is -2.25. The van der Waals surface area contributed by atoms with Crippen molar-refractivity contribution in [2.24, 2.45) is 0 Å². The molecule has 5 nitrogen and oxygen atoms in total. The van der Waals surface area contributed by atoms with Crippen molar-refractivity contribution in [2.45, 2.75) is 11.4 Å². The van der Waals surface area contributed by atoms with Crippen LogP contribution in [0.25, 0.3) is 0 Å². The van der Waals surface area contributed by atoms with Crippen LogP contribution in [0.1, 0.15) is 15.9 Å². The molecule has 0 amide bonds. The van der Waals surface area contributed by atoms with Gasteiger partial charge in [-0.05, 0) is 42.0 Å².